The Labute approximate surface area is 81.0 Å². The normalized spacial score (nSPS) is 11.2. The summed E-state index contributed by atoms with van der Waals surface area (Å²) in [6.45, 7) is 5.18. The van der Waals surface area contributed by atoms with Gasteiger partial charge in [-0.15, -0.1) is 0 Å². The van der Waals surface area contributed by atoms with E-state index in [-0.39, 0.29) is 0 Å². The predicted molar refractivity (Wildman–Crippen MR) is 56.4 cm³/mol. The number of furan rings is 1. The Hall–Kier alpha value is -1.97. The van der Waals surface area contributed by atoms with Crippen LogP contribution < -0.4 is 0 Å². The van der Waals surface area contributed by atoms with Crippen molar-refractivity contribution in [2.24, 2.45) is 9.98 Å². The summed E-state index contributed by atoms with van der Waals surface area (Å²) in [5, 5.41) is 0.942. The minimum atomic E-state index is 0.737. The molecule has 0 saturated carbocycles. The van der Waals surface area contributed by atoms with Gasteiger partial charge in [-0.05, 0) is 19.7 Å². The second-order valence-electron chi connectivity index (χ2n) is 2.81. The van der Waals surface area contributed by atoms with Crippen LogP contribution in [0.15, 0.2) is 32.9 Å². The molecule has 0 aliphatic carbocycles. The van der Waals surface area contributed by atoms with Gasteiger partial charge in [0.2, 0.25) is 0 Å². The molecule has 4 heteroatoms. The van der Waals surface area contributed by atoms with Crippen LogP contribution in [0.2, 0.25) is 0 Å². The number of hydrogen-bond acceptors (Lipinski definition) is 3. The summed E-state index contributed by atoms with van der Waals surface area (Å²) in [5.41, 5.74) is 1.52. The molecule has 14 heavy (non-hydrogen) atoms. The lowest BCUT2D eigenvalue weighted by atomic mass is 10.2. The minimum absolute atomic E-state index is 0.737. The Morgan fingerprint density at radius 1 is 1.57 bits per heavy atom. The van der Waals surface area contributed by atoms with E-state index in [9.17, 15) is 0 Å². The number of aliphatic imine (C=N–C) groups is 2. The van der Waals surface area contributed by atoms with Crippen molar-refractivity contribution in [3.05, 3.63) is 24.2 Å². The third-order valence-corrected chi connectivity index (χ3v) is 1.90. The summed E-state index contributed by atoms with van der Waals surface area (Å²) in [5.74, 6) is 0.757. The number of nitrogens with zero attached hydrogens (tertiary/aromatic N) is 3. The van der Waals surface area contributed by atoms with Crippen LogP contribution in [0.5, 0.6) is 0 Å². The molecule has 0 aromatic carbocycles. The molecule has 4 nitrogen and oxygen atoms in total. The molecule has 0 saturated heterocycles. The first kappa shape index (κ1) is 8.62. The Bertz CT molecular complexity index is 499. The number of aryl methyl sites for hydroxylation is 1. The number of hydrogen-bond donors (Lipinski definition) is 0. The molecule has 0 atom stereocenters. The van der Waals surface area contributed by atoms with Crippen molar-refractivity contribution in [1.29, 1.82) is 0 Å². The molecular formula is C10H9N3O. The standard InChI is InChI=1S/C10H9N3O/c1-7-10(13-6-11-2)8-3-4-12-5-9(8)14-7/h3-6H,2H2,1H3. The fourth-order valence-corrected chi connectivity index (χ4v) is 1.32. The third-order valence-electron chi connectivity index (χ3n) is 1.90. The van der Waals surface area contributed by atoms with Gasteiger partial charge in [-0.2, -0.15) is 0 Å². The van der Waals surface area contributed by atoms with Gasteiger partial charge >= 0.3 is 0 Å². The Morgan fingerprint density at radius 2 is 2.43 bits per heavy atom. The average molecular weight is 187 g/mol. The monoisotopic (exact) mass is 187 g/mol. The SMILES string of the molecule is C=NC=Nc1c(C)oc2cnccc12. The van der Waals surface area contributed by atoms with Crippen LogP contribution in [0.3, 0.4) is 0 Å². The lowest BCUT2D eigenvalue weighted by Crippen LogP contribution is -1.69. The lowest BCUT2D eigenvalue weighted by molar-refractivity contribution is 0.578. The topological polar surface area (TPSA) is 50.8 Å². The van der Waals surface area contributed by atoms with Crippen molar-refractivity contribution in [2.45, 2.75) is 6.92 Å². The number of aromatic nitrogens is 1. The van der Waals surface area contributed by atoms with Crippen LogP contribution in [0.4, 0.5) is 5.69 Å². The Kier molecular flexibility index (Phi) is 2.10. The molecule has 0 bridgehead atoms. The van der Waals surface area contributed by atoms with Crippen molar-refractivity contribution in [2.75, 3.05) is 0 Å². The van der Waals surface area contributed by atoms with Crippen molar-refractivity contribution in [1.82, 2.24) is 4.98 Å². The van der Waals surface area contributed by atoms with E-state index in [1.807, 2.05) is 13.0 Å². The molecule has 0 aliphatic heterocycles. The van der Waals surface area contributed by atoms with Gasteiger partial charge in [0, 0.05) is 11.6 Å². The molecule has 2 aromatic rings. The molecule has 0 N–H and O–H groups in total. The number of fused-ring (bicyclic) bond motifs is 1. The van der Waals surface area contributed by atoms with E-state index in [0.29, 0.717) is 0 Å². The van der Waals surface area contributed by atoms with Crippen LogP contribution >= 0.6 is 0 Å². The van der Waals surface area contributed by atoms with E-state index in [2.05, 4.69) is 21.7 Å². The molecule has 2 aromatic heterocycles. The largest absolute Gasteiger partial charge is 0.457 e. The molecule has 0 radical (unpaired) electrons. The number of rotatable bonds is 2. The molecule has 2 heterocycles. The Morgan fingerprint density at radius 3 is 3.21 bits per heavy atom. The molecule has 0 spiro atoms. The van der Waals surface area contributed by atoms with Crippen LogP contribution in [-0.4, -0.2) is 18.0 Å². The average Bonchev–Trinajstić information content (AvgIpc) is 2.51. The Balaban J connectivity index is 2.67. The maximum absolute atomic E-state index is 5.46. The van der Waals surface area contributed by atoms with E-state index in [1.54, 1.807) is 12.4 Å². The smallest absolute Gasteiger partial charge is 0.154 e. The third kappa shape index (κ3) is 1.31. The molecule has 0 unspecified atom stereocenters. The van der Waals surface area contributed by atoms with Crippen LogP contribution in [0.1, 0.15) is 5.76 Å². The van der Waals surface area contributed by atoms with Crippen molar-refractivity contribution < 1.29 is 4.42 Å². The van der Waals surface area contributed by atoms with Gasteiger partial charge in [-0.25, -0.2) is 4.99 Å². The first-order chi connectivity index (χ1) is 6.83. The van der Waals surface area contributed by atoms with Gasteiger partial charge < -0.3 is 4.42 Å². The lowest BCUT2D eigenvalue weighted by Gasteiger charge is -1.87. The second-order valence-corrected chi connectivity index (χ2v) is 2.81. The fraction of sp³-hybridized carbons (Fsp3) is 0.100. The first-order valence-electron chi connectivity index (χ1n) is 4.14. The second kappa shape index (κ2) is 3.41. The van der Waals surface area contributed by atoms with Crippen molar-refractivity contribution in [3.8, 4) is 0 Å². The summed E-state index contributed by atoms with van der Waals surface area (Å²) >= 11 is 0. The van der Waals surface area contributed by atoms with Gasteiger partial charge in [0.1, 0.15) is 17.8 Å². The molecule has 0 amide bonds. The molecule has 2 rings (SSSR count). The van der Waals surface area contributed by atoms with Crippen molar-refractivity contribution >= 4 is 29.7 Å². The molecule has 0 fully saturated rings. The van der Waals surface area contributed by atoms with Gasteiger partial charge in [0.05, 0.1) is 6.20 Å². The van der Waals surface area contributed by atoms with E-state index < -0.39 is 0 Å². The highest BCUT2D eigenvalue weighted by molar-refractivity contribution is 5.91. The summed E-state index contributed by atoms with van der Waals surface area (Å²) in [4.78, 5) is 11.7. The molecule has 0 aliphatic rings. The zero-order valence-electron chi connectivity index (χ0n) is 7.77. The van der Waals surface area contributed by atoms with Gasteiger partial charge in [0.25, 0.3) is 0 Å². The fourth-order valence-electron chi connectivity index (χ4n) is 1.32. The maximum Gasteiger partial charge on any atom is 0.154 e. The van der Waals surface area contributed by atoms with Gasteiger partial charge in [-0.3, -0.25) is 9.98 Å². The van der Waals surface area contributed by atoms with E-state index in [1.165, 1.54) is 6.34 Å². The highest BCUT2D eigenvalue weighted by atomic mass is 16.3. The van der Waals surface area contributed by atoms with Gasteiger partial charge in [-0.1, -0.05) is 0 Å². The maximum atomic E-state index is 5.46. The van der Waals surface area contributed by atoms with E-state index >= 15 is 0 Å². The van der Waals surface area contributed by atoms with Crippen LogP contribution in [-0.2, 0) is 0 Å². The van der Waals surface area contributed by atoms with Gasteiger partial charge in [0.15, 0.2) is 5.58 Å². The highest BCUT2D eigenvalue weighted by Gasteiger charge is 2.08. The van der Waals surface area contributed by atoms with Crippen LogP contribution in [0, 0.1) is 6.92 Å². The quantitative estimate of drug-likeness (QED) is 0.535. The van der Waals surface area contributed by atoms with Crippen molar-refractivity contribution in [3.63, 3.8) is 0 Å². The summed E-state index contributed by atoms with van der Waals surface area (Å²) in [7, 11) is 0. The minimum Gasteiger partial charge on any atom is -0.457 e. The zero-order valence-corrected chi connectivity index (χ0v) is 7.77. The summed E-state index contributed by atoms with van der Waals surface area (Å²) in [6, 6.07) is 1.86. The number of pyridine rings is 1. The summed E-state index contributed by atoms with van der Waals surface area (Å²) in [6.07, 6.45) is 4.78. The van der Waals surface area contributed by atoms with Crippen LogP contribution in [0.25, 0.3) is 11.0 Å². The summed E-state index contributed by atoms with van der Waals surface area (Å²) < 4.78 is 5.46. The molecule has 70 valence electrons. The van der Waals surface area contributed by atoms with E-state index in [0.717, 1.165) is 22.4 Å². The van der Waals surface area contributed by atoms with E-state index in [4.69, 9.17) is 4.42 Å². The highest BCUT2D eigenvalue weighted by Crippen LogP contribution is 2.31. The predicted octanol–water partition coefficient (Wildman–Crippen LogP) is 2.50. The molecular weight excluding hydrogens is 178 g/mol. The zero-order chi connectivity index (χ0) is 9.97. The first-order valence-corrected chi connectivity index (χ1v) is 4.14.